The van der Waals surface area contributed by atoms with E-state index < -0.39 is 23.6 Å². The van der Waals surface area contributed by atoms with Crippen LogP contribution in [0.2, 0.25) is 0 Å². The Bertz CT molecular complexity index is 738. The molecule has 23 heavy (non-hydrogen) atoms. The minimum Gasteiger partial charge on any atom is -0.491 e. The fourth-order valence-corrected chi connectivity index (χ4v) is 2.42. The highest BCUT2D eigenvalue weighted by atomic mass is 19.4. The van der Waals surface area contributed by atoms with Crippen LogP contribution in [0.25, 0.3) is 0 Å². The third-order valence-electron chi connectivity index (χ3n) is 3.48. The Hall–Kier alpha value is -2.42. The summed E-state index contributed by atoms with van der Waals surface area (Å²) in [5.41, 5.74) is 5.68. The Morgan fingerprint density at radius 3 is 2.78 bits per heavy atom. The van der Waals surface area contributed by atoms with E-state index in [9.17, 15) is 17.6 Å². The molecule has 1 aliphatic heterocycles. The van der Waals surface area contributed by atoms with Crippen molar-refractivity contribution in [1.82, 2.24) is 9.97 Å². The molecule has 0 spiro atoms. The first-order chi connectivity index (χ1) is 10.8. The highest BCUT2D eigenvalue weighted by molar-refractivity contribution is 5.43. The van der Waals surface area contributed by atoms with Crippen molar-refractivity contribution in [2.24, 2.45) is 5.73 Å². The topological polar surface area (TPSA) is 70.3 Å². The number of hydrogen-bond donors (Lipinski definition) is 1. The summed E-state index contributed by atoms with van der Waals surface area (Å²) in [6, 6.07) is 4.19. The van der Waals surface area contributed by atoms with Crippen molar-refractivity contribution in [2.75, 3.05) is 6.61 Å². The molecule has 1 atom stereocenters. The Morgan fingerprint density at radius 1 is 1.30 bits per heavy atom. The molecule has 3 rings (SSSR count). The number of ether oxygens (including phenoxy) is 2. The number of nitrogens with two attached hydrogens (primary N) is 1. The number of halogens is 4. The largest absolute Gasteiger partial charge is 0.574 e. The number of hydrogen-bond acceptors (Lipinski definition) is 5. The SMILES string of the molecule is NC1(c2cnc(OC(F)(F)F)c(F)c2)CCOc2cccnc21. The highest BCUT2D eigenvalue weighted by Gasteiger charge is 2.39. The molecule has 2 aromatic rings. The molecule has 0 saturated carbocycles. The lowest BCUT2D eigenvalue weighted by atomic mass is 9.83. The van der Waals surface area contributed by atoms with Gasteiger partial charge in [0.2, 0.25) is 0 Å². The number of alkyl halides is 3. The summed E-state index contributed by atoms with van der Waals surface area (Å²) >= 11 is 0. The fourth-order valence-electron chi connectivity index (χ4n) is 2.42. The zero-order valence-electron chi connectivity index (χ0n) is 11.6. The lowest BCUT2D eigenvalue weighted by Gasteiger charge is -2.34. The van der Waals surface area contributed by atoms with Gasteiger partial charge in [0.05, 0.1) is 12.1 Å². The van der Waals surface area contributed by atoms with E-state index in [-0.39, 0.29) is 18.6 Å². The fraction of sp³-hybridized carbons (Fsp3) is 0.286. The van der Waals surface area contributed by atoms with Gasteiger partial charge < -0.3 is 15.2 Å². The van der Waals surface area contributed by atoms with Crippen molar-refractivity contribution in [1.29, 1.82) is 0 Å². The molecule has 5 nitrogen and oxygen atoms in total. The molecule has 2 N–H and O–H groups in total. The summed E-state index contributed by atoms with van der Waals surface area (Å²) in [4.78, 5) is 7.54. The van der Waals surface area contributed by atoms with Gasteiger partial charge in [0.1, 0.15) is 11.4 Å². The summed E-state index contributed by atoms with van der Waals surface area (Å²) in [6.07, 6.45) is -2.20. The van der Waals surface area contributed by atoms with Crippen molar-refractivity contribution in [3.8, 4) is 11.6 Å². The quantitative estimate of drug-likeness (QED) is 0.857. The maximum absolute atomic E-state index is 13.9. The van der Waals surface area contributed by atoms with Crippen LogP contribution in [0.3, 0.4) is 0 Å². The smallest absolute Gasteiger partial charge is 0.491 e. The second-order valence-corrected chi connectivity index (χ2v) is 4.98. The third kappa shape index (κ3) is 2.91. The van der Waals surface area contributed by atoms with Crippen LogP contribution in [-0.2, 0) is 5.54 Å². The summed E-state index contributed by atoms with van der Waals surface area (Å²) in [7, 11) is 0. The maximum Gasteiger partial charge on any atom is 0.574 e. The molecule has 1 unspecified atom stereocenters. The van der Waals surface area contributed by atoms with Gasteiger partial charge in [-0.1, -0.05) is 0 Å². The molecule has 1 aliphatic rings. The zero-order chi connectivity index (χ0) is 16.7. The lowest BCUT2D eigenvalue weighted by molar-refractivity contribution is -0.277. The van der Waals surface area contributed by atoms with E-state index in [0.29, 0.717) is 11.4 Å². The molecule has 0 fully saturated rings. The van der Waals surface area contributed by atoms with E-state index in [0.717, 1.165) is 12.3 Å². The second kappa shape index (κ2) is 5.34. The molecule has 9 heteroatoms. The van der Waals surface area contributed by atoms with Crippen LogP contribution in [0.15, 0.2) is 30.6 Å². The molecule has 0 aromatic carbocycles. The van der Waals surface area contributed by atoms with E-state index >= 15 is 0 Å². The molecule has 0 amide bonds. The predicted molar refractivity (Wildman–Crippen MR) is 70.2 cm³/mol. The van der Waals surface area contributed by atoms with Crippen LogP contribution in [0.5, 0.6) is 11.6 Å². The van der Waals surface area contributed by atoms with Crippen molar-refractivity contribution >= 4 is 0 Å². The van der Waals surface area contributed by atoms with Crippen LogP contribution in [0.1, 0.15) is 17.7 Å². The number of pyridine rings is 2. The van der Waals surface area contributed by atoms with Crippen LogP contribution < -0.4 is 15.2 Å². The Balaban J connectivity index is 2.01. The minimum absolute atomic E-state index is 0.188. The van der Waals surface area contributed by atoms with Crippen molar-refractivity contribution in [3.63, 3.8) is 0 Å². The van der Waals surface area contributed by atoms with E-state index in [1.165, 1.54) is 6.20 Å². The minimum atomic E-state index is -5.03. The van der Waals surface area contributed by atoms with Gasteiger partial charge >= 0.3 is 6.36 Å². The molecule has 122 valence electrons. The Morgan fingerprint density at radius 2 is 2.09 bits per heavy atom. The molecule has 0 radical (unpaired) electrons. The molecule has 0 saturated heterocycles. The van der Waals surface area contributed by atoms with Gasteiger partial charge in [0, 0.05) is 18.8 Å². The van der Waals surface area contributed by atoms with Gasteiger partial charge in [0.15, 0.2) is 5.82 Å². The van der Waals surface area contributed by atoms with Gasteiger partial charge in [-0.25, -0.2) is 9.37 Å². The van der Waals surface area contributed by atoms with Crippen LogP contribution in [0.4, 0.5) is 17.6 Å². The summed E-state index contributed by atoms with van der Waals surface area (Å²) in [6.45, 7) is 0.262. The molecule has 2 aromatic heterocycles. The van der Waals surface area contributed by atoms with Crippen LogP contribution >= 0.6 is 0 Å². The molecule has 0 aliphatic carbocycles. The second-order valence-electron chi connectivity index (χ2n) is 4.98. The highest BCUT2D eigenvalue weighted by Crippen LogP contribution is 2.39. The van der Waals surface area contributed by atoms with Crippen molar-refractivity contribution < 1.29 is 27.0 Å². The van der Waals surface area contributed by atoms with Gasteiger partial charge in [-0.3, -0.25) is 4.98 Å². The molecular formula is C14H11F4N3O2. The molecular weight excluding hydrogens is 318 g/mol. The van der Waals surface area contributed by atoms with E-state index in [1.54, 1.807) is 12.1 Å². The monoisotopic (exact) mass is 329 g/mol. The predicted octanol–water partition coefficient (Wildman–Crippen LogP) is 2.50. The van der Waals surface area contributed by atoms with Gasteiger partial charge in [-0.2, -0.15) is 0 Å². The third-order valence-corrected chi connectivity index (χ3v) is 3.48. The summed E-state index contributed by atoms with van der Waals surface area (Å²) < 4.78 is 59.3. The van der Waals surface area contributed by atoms with Gasteiger partial charge in [-0.05, 0) is 23.8 Å². The van der Waals surface area contributed by atoms with E-state index in [2.05, 4.69) is 14.7 Å². The van der Waals surface area contributed by atoms with Crippen LogP contribution in [0, 0.1) is 5.82 Å². The van der Waals surface area contributed by atoms with Crippen molar-refractivity contribution in [2.45, 2.75) is 18.3 Å². The number of fused-ring (bicyclic) bond motifs is 1. The average molecular weight is 329 g/mol. The van der Waals surface area contributed by atoms with E-state index in [1.807, 2.05) is 0 Å². The molecule has 3 heterocycles. The zero-order valence-corrected chi connectivity index (χ0v) is 11.6. The van der Waals surface area contributed by atoms with Gasteiger partial charge in [0.25, 0.3) is 5.88 Å². The summed E-state index contributed by atoms with van der Waals surface area (Å²) in [5.74, 6) is -1.97. The first-order valence-electron chi connectivity index (χ1n) is 6.58. The maximum atomic E-state index is 13.9. The number of nitrogens with zero attached hydrogens (tertiary/aromatic N) is 2. The Labute approximate surface area is 128 Å². The van der Waals surface area contributed by atoms with Crippen LogP contribution in [-0.4, -0.2) is 22.9 Å². The van der Waals surface area contributed by atoms with Gasteiger partial charge in [-0.15, -0.1) is 13.2 Å². The Kier molecular flexibility index (Phi) is 3.59. The van der Waals surface area contributed by atoms with E-state index in [4.69, 9.17) is 10.5 Å². The molecule has 0 bridgehead atoms. The lowest BCUT2D eigenvalue weighted by Crippen LogP contribution is -2.43. The normalized spacial score (nSPS) is 20.6. The standard InChI is InChI=1S/C14H11F4N3O2/c15-9-6-8(7-21-12(9)23-14(16,17)18)13(19)3-5-22-10-2-1-4-20-11(10)13/h1-2,4,6-7H,3,5,19H2. The first kappa shape index (κ1) is 15.5. The first-order valence-corrected chi connectivity index (χ1v) is 6.58. The average Bonchev–Trinajstić information content (AvgIpc) is 2.48. The van der Waals surface area contributed by atoms with Crippen molar-refractivity contribution in [3.05, 3.63) is 47.7 Å². The number of rotatable bonds is 2. The summed E-state index contributed by atoms with van der Waals surface area (Å²) in [5, 5.41) is 0. The number of aromatic nitrogens is 2.